The fourth-order valence-corrected chi connectivity index (χ4v) is 3.71. The Morgan fingerprint density at radius 2 is 1.56 bits per heavy atom. The number of carbonyl (C=O) groups is 1. The van der Waals surface area contributed by atoms with Crippen molar-refractivity contribution in [1.29, 1.82) is 0 Å². The fraction of sp³-hybridized carbons (Fsp3) is 0.190. The van der Waals surface area contributed by atoms with Gasteiger partial charge in [0, 0.05) is 26.2 Å². The molecule has 0 saturated carbocycles. The van der Waals surface area contributed by atoms with Crippen LogP contribution in [0.15, 0.2) is 48.8 Å². The summed E-state index contributed by atoms with van der Waals surface area (Å²) in [6.45, 7) is 1.28. The third-order valence-corrected chi connectivity index (χ3v) is 5.33. The van der Waals surface area contributed by atoms with Crippen molar-refractivity contribution in [2.24, 2.45) is 0 Å². The Hall–Kier alpha value is -4.02. The molecule has 2 aromatic carbocycles. The van der Waals surface area contributed by atoms with Gasteiger partial charge in [-0.3, -0.25) is 4.79 Å². The molecule has 5 rings (SSSR count). The highest BCUT2D eigenvalue weighted by Crippen LogP contribution is 2.24. The molecule has 4 aromatic rings. The molecule has 0 bridgehead atoms. The van der Waals surface area contributed by atoms with Crippen molar-refractivity contribution in [2.75, 3.05) is 31.1 Å². The second kappa shape index (κ2) is 7.91. The summed E-state index contributed by atoms with van der Waals surface area (Å²) in [6, 6.07) is 9.12. The topological polar surface area (TPSA) is 80.0 Å². The first kappa shape index (κ1) is 19.9. The number of hydrogen-bond donors (Lipinski definition) is 0. The van der Waals surface area contributed by atoms with Crippen LogP contribution in [0.2, 0.25) is 0 Å². The van der Waals surface area contributed by atoms with E-state index in [2.05, 4.69) is 20.3 Å². The summed E-state index contributed by atoms with van der Waals surface area (Å²) in [4.78, 5) is 24.5. The lowest BCUT2D eigenvalue weighted by Gasteiger charge is -2.35. The Labute approximate surface area is 179 Å². The molecule has 8 nitrogen and oxygen atoms in total. The van der Waals surface area contributed by atoms with Gasteiger partial charge in [-0.05, 0) is 36.4 Å². The second-order valence-corrected chi connectivity index (χ2v) is 7.22. The summed E-state index contributed by atoms with van der Waals surface area (Å²) >= 11 is 0. The van der Waals surface area contributed by atoms with E-state index >= 15 is 0 Å². The monoisotopic (exact) mass is 439 g/mol. The molecule has 1 fully saturated rings. The van der Waals surface area contributed by atoms with E-state index in [-0.39, 0.29) is 18.9 Å². The minimum absolute atomic E-state index is 0.254. The Balaban J connectivity index is 1.37. The number of fused-ring (bicyclic) bond motifs is 1. The number of halogens is 3. The second-order valence-electron chi connectivity index (χ2n) is 7.22. The van der Waals surface area contributed by atoms with Crippen molar-refractivity contribution in [1.82, 2.24) is 29.9 Å². The quantitative estimate of drug-likeness (QED) is 0.488. The molecule has 1 aliphatic rings. The van der Waals surface area contributed by atoms with Gasteiger partial charge in [0.25, 0.3) is 5.91 Å². The SMILES string of the molecule is O=C(c1c(F)cccc1F)N1CCN(c2ncnc3c2nnn3-c2ccc(F)cc2)CC1. The zero-order chi connectivity index (χ0) is 22.2. The smallest absolute Gasteiger partial charge is 0.259 e. The minimum Gasteiger partial charge on any atom is -0.351 e. The zero-order valence-electron chi connectivity index (χ0n) is 16.6. The Bertz CT molecular complexity index is 1280. The molecular formula is C21H16F3N7O. The number of carbonyl (C=O) groups excluding carboxylic acids is 1. The number of amides is 1. The highest BCUT2D eigenvalue weighted by atomic mass is 19.1. The zero-order valence-corrected chi connectivity index (χ0v) is 16.6. The van der Waals surface area contributed by atoms with Crippen LogP contribution in [-0.2, 0) is 0 Å². The molecular weight excluding hydrogens is 423 g/mol. The van der Waals surface area contributed by atoms with Gasteiger partial charge in [-0.15, -0.1) is 5.10 Å². The molecule has 1 aliphatic heterocycles. The molecule has 32 heavy (non-hydrogen) atoms. The van der Waals surface area contributed by atoms with Crippen LogP contribution in [0, 0.1) is 17.5 Å². The predicted molar refractivity (Wildman–Crippen MR) is 109 cm³/mol. The van der Waals surface area contributed by atoms with Gasteiger partial charge in [0.15, 0.2) is 17.0 Å². The third-order valence-electron chi connectivity index (χ3n) is 5.33. The molecule has 0 unspecified atom stereocenters. The molecule has 0 aliphatic carbocycles. The van der Waals surface area contributed by atoms with Crippen molar-refractivity contribution in [3.8, 4) is 5.69 Å². The van der Waals surface area contributed by atoms with Crippen molar-refractivity contribution in [3.05, 3.63) is 71.8 Å². The molecule has 11 heteroatoms. The van der Waals surface area contributed by atoms with Crippen LogP contribution in [-0.4, -0.2) is 61.9 Å². The number of hydrogen-bond acceptors (Lipinski definition) is 6. The van der Waals surface area contributed by atoms with Crippen LogP contribution in [0.25, 0.3) is 16.9 Å². The number of nitrogens with zero attached hydrogens (tertiary/aromatic N) is 7. The first-order valence-electron chi connectivity index (χ1n) is 9.83. The summed E-state index contributed by atoms with van der Waals surface area (Å²) in [6.07, 6.45) is 1.38. The lowest BCUT2D eigenvalue weighted by molar-refractivity contribution is 0.0736. The van der Waals surface area contributed by atoms with E-state index in [4.69, 9.17) is 0 Å². The molecule has 0 spiro atoms. The van der Waals surface area contributed by atoms with E-state index in [0.29, 0.717) is 35.8 Å². The summed E-state index contributed by atoms with van der Waals surface area (Å²) in [5.41, 5.74) is 0.957. The molecule has 0 atom stereocenters. The Kier molecular flexibility index (Phi) is 4.92. The standard InChI is InChI=1S/C21H16F3N7O/c22-13-4-6-14(7-5-13)31-20-18(27-28-31)19(25-12-26-20)29-8-10-30(11-9-29)21(32)17-15(23)2-1-3-16(17)24/h1-7,12H,8-11H2. The van der Waals surface area contributed by atoms with Crippen molar-refractivity contribution in [2.45, 2.75) is 0 Å². The van der Waals surface area contributed by atoms with E-state index in [1.807, 2.05) is 4.90 Å². The maximum absolute atomic E-state index is 14.0. The van der Waals surface area contributed by atoms with E-state index in [9.17, 15) is 18.0 Å². The summed E-state index contributed by atoms with van der Waals surface area (Å²) in [7, 11) is 0. The van der Waals surface area contributed by atoms with Crippen LogP contribution in [0.4, 0.5) is 19.0 Å². The number of benzene rings is 2. The van der Waals surface area contributed by atoms with Gasteiger partial charge in [0.2, 0.25) is 0 Å². The third kappa shape index (κ3) is 3.41. The molecule has 0 radical (unpaired) electrons. The van der Waals surface area contributed by atoms with Gasteiger partial charge >= 0.3 is 0 Å². The van der Waals surface area contributed by atoms with Gasteiger partial charge in [0.1, 0.15) is 29.3 Å². The average Bonchev–Trinajstić information content (AvgIpc) is 3.24. The van der Waals surface area contributed by atoms with E-state index < -0.39 is 23.1 Å². The number of rotatable bonds is 3. The normalized spacial score (nSPS) is 14.2. The lowest BCUT2D eigenvalue weighted by Crippen LogP contribution is -2.49. The molecule has 162 valence electrons. The minimum atomic E-state index is -0.882. The Morgan fingerprint density at radius 1 is 0.875 bits per heavy atom. The fourth-order valence-electron chi connectivity index (χ4n) is 3.71. The highest BCUT2D eigenvalue weighted by molar-refractivity contribution is 5.95. The lowest BCUT2D eigenvalue weighted by atomic mass is 10.1. The van der Waals surface area contributed by atoms with Crippen LogP contribution >= 0.6 is 0 Å². The van der Waals surface area contributed by atoms with Crippen molar-refractivity contribution in [3.63, 3.8) is 0 Å². The van der Waals surface area contributed by atoms with Crippen molar-refractivity contribution >= 4 is 22.9 Å². The molecule has 1 saturated heterocycles. The largest absolute Gasteiger partial charge is 0.351 e. The van der Waals surface area contributed by atoms with Crippen LogP contribution in [0.5, 0.6) is 0 Å². The summed E-state index contributed by atoms with van der Waals surface area (Å²) < 4.78 is 42.7. The van der Waals surface area contributed by atoms with Gasteiger partial charge in [-0.1, -0.05) is 11.3 Å². The van der Waals surface area contributed by atoms with E-state index in [1.54, 1.807) is 12.1 Å². The highest BCUT2D eigenvalue weighted by Gasteiger charge is 2.28. The van der Waals surface area contributed by atoms with E-state index in [1.165, 1.54) is 34.1 Å². The molecule has 2 aromatic heterocycles. The number of aromatic nitrogens is 5. The first-order chi connectivity index (χ1) is 15.5. The maximum atomic E-state index is 14.0. The van der Waals surface area contributed by atoms with E-state index in [0.717, 1.165) is 12.1 Å². The average molecular weight is 439 g/mol. The van der Waals surface area contributed by atoms with Gasteiger partial charge in [-0.25, -0.2) is 23.1 Å². The summed E-state index contributed by atoms with van der Waals surface area (Å²) in [5.74, 6) is -2.28. The Morgan fingerprint density at radius 3 is 2.25 bits per heavy atom. The number of anilines is 1. The van der Waals surface area contributed by atoms with Crippen LogP contribution < -0.4 is 4.90 Å². The van der Waals surface area contributed by atoms with Crippen LogP contribution in [0.1, 0.15) is 10.4 Å². The molecule has 3 heterocycles. The van der Waals surface area contributed by atoms with Crippen molar-refractivity contribution < 1.29 is 18.0 Å². The first-order valence-corrected chi connectivity index (χ1v) is 9.83. The van der Waals surface area contributed by atoms with Gasteiger partial charge < -0.3 is 9.80 Å². The van der Waals surface area contributed by atoms with Crippen LogP contribution in [0.3, 0.4) is 0 Å². The predicted octanol–water partition coefficient (Wildman–Crippen LogP) is 2.59. The number of piperazine rings is 1. The molecule has 1 amide bonds. The van der Waals surface area contributed by atoms with Gasteiger partial charge in [0.05, 0.1) is 5.69 Å². The summed E-state index contributed by atoms with van der Waals surface area (Å²) in [5, 5.41) is 8.31. The maximum Gasteiger partial charge on any atom is 0.259 e. The molecule has 0 N–H and O–H groups in total. The van der Waals surface area contributed by atoms with Gasteiger partial charge in [-0.2, -0.15) is 4.68 Å².